The summed E-state index contributed by atoms with van der Waals surface area (Å²) in [4.78, 5) is 37.8. The fourth-order valence-corrected chi connectivity index (χ4v) is 4.97. The van der Waals surface area contributed by atoms with E-state index in [2.05, 4.69) is 15.3 Å². The predicted octanol–water partition coefficient (Wildman–Crippen LogP) is 4.49. The smallest absolute Gasteiger partial charge is 0.347 e. The number of nitrogens with one attached hydrogen (secondary N) is 1. The van der Waals surface area contributed by atoms with Crippen molar-refractivity contribution in [2.24, 2.45) is 0 Å². The van der Waals surface area contributed by atoms with E-state index in [0.29, 0.717) is 40.9 Å². The van der Waals surface area contributed by atoms with E-state index in [0.717, 1.165) is 34.7 Å². The van der Waals surface area contributed by atoms with Gasteiger partial charge in [-0.3, -0.25) is 9.69 Å². The number of nitrogens with zero attached hydrogens (tertiary/aromatic N) is 5. The van der Waals surface area contributed by atoms with Crippen LogP contribution in [-0.2, 0) is 19.3 Å². The number of thiazole rings is 1. The monoisotopic (exact) mass is 514 g/mol. The van der Waals surface area contributed by atoms with Crippen molar-refractivity contribution in [3.8, 4) is 0 Å². The molecule has 4 heterocycles. The number of imidazole rings is 1. The number of halogens is 3. The molecule has 1 fully saturated rings. The number of urea groups is 1. The third-order valence-corrected chi connectivity index (χ3v) is 7.05. The summed E-state index contributed by atoms with van der Waals surface area (Å²) in [5.41, 5.74) is 2.11. The molecule has 3 amide bonds. The first-order chi connectivity index (χ1) is 17.2. The van der Waals surface area contributed by atoms with E-state index in [1.807, 2.05) is 28.9 Å². The van der Waals surface area contributed by atoms with E-state index in [1.54, 1.807) is 18.0 Å². The minimum atomic E-state index is -4.40. The van der Waals surface area contributed by atoms with Gasteiger partial charge >= 0.3 is 12.2 Å². The molecule has 5 rings (SSSR count). The van der Waals surface area contributed by atoms with Crippen LogP contribution in [-0.4, -0.2) is 44.3 Å². The summed E-state index contributed by atoms with van der Waals surface area (Å²) < 4.78 is 40.2. The van der Waals surface area contributed by atoms with E-state index in [-0.39, 0.29) is 18.5 Å². The highest BCUT2D eigenvalue weighted by molar-refractivity contribution is 7.17. The first kappa shape index (κ1) is 23.8. The van der Waals surface area contributed by atoms with Crippen LogP contribution in [0.4, 0.5) is 23.1 Å². The van der Waals surface area contributed by atoms with Crippen LogP contribution in [0, 0.1) is 6.92 Å². The average Bonchev–Trinajstić information content (AvgIpc) is 3.56. The van der Waals surface area contributed by atoms with Gasteiger partial charge in [-0.15, -0.1) is 0 Å². The molecule has 8 nitrogen and oxygen atoms in total. The van der Waals surface area contributed by atoms with Crippen LogP contribution in [0.25, 0.3) is 5.65 Å². The average molecular weight is 515 g/mol. The summed E-state index contributed by atoms with van der Waals surface area (Å²) in [5.74, 6) is -0.282. The number of pyridine rings is 1. The Kier molecular flexibility index (Phi) is 6.12. The summed E-state index contributed by atoms with van der Waals surface area (Å²) in [5, 5.41) is 3.30. The minimum Gasteiger partial charge on any atom is -0.347 e. The van der Waals surface area contributed by atoms with E-state index in [4.69, 9.17) is 0 Å². The number of hydrogen-bond acceptors (Lipinski definition) is 5. The van der Waals surface area contributed by atoms with E-state index in [9.17, 15) is 22.8 Å². The second kappa shape index (κ2) is 9.26. The molecule has 0 saturated carbocycles. The van der Waals surface area contributed by atoms with Crippen molar-refractivity contribution >= 4 is 34.1 Å². The summed E-state index contributed by atoms with van der Waals surface area (Å²) in [6, 6.07) is 8.23. The molecule has 1 N–H and O–H groups in total. The fraction of sp³-hybridized carbons (Fsp3) is 0.250. The second-order valence-electron chi connectivity index (χ2n) is 8.37. The molecule has 36 heavy (non-hydrogen) atoms. The van der Waals surface area contributed by atoms with Gasteiger partial charge in [-0.2, -0.15) is 13.2 Å². The highest BCUT2D eigenvalue weighted by Crippen LogP contribution is 2.31. The number of amides is 3. The van der Waals surface area contributed by atoms with Crippen LogP contribution in [0.3, 0.4) is 0 Å². The maximum Gasteiger partial charge on any atom is 0.416 e. The highest BCUT2D eigenvalue weighted by Gasteiger charge is 2.33. The van der Waals surface area contributed by atoms with Gasteiger partial charge in [0, 0.05) is 44.8 Å². The molecule has 1 aromatic carbocycles. The van der Waals surface area contributed by atoms with Crippen LogP contribution in [0.2, 0.25) is 0 Å². The Hall–Kier alpha value is -3.93. The van der Waals surface area contributed by atoms with Gasteiger partial charge in [0.05, 0.1) is 11.3 Å². The van der Waals surface area contributed by atoms with Crippen LogP contribution in [0.5, 0.6) is 0 Å². The Balaban J connectivity index is 1.22. The molecule has 0 spiro atoms. The lowest BCUT2D eigenvalue weighted by Gasteiger charge is -2.17. The number of carbonyl (C=O) groups excluding carboxylic acids is 2. The van der Waals surface area contributed by atoms with Crippen LogP contribution in [0.15, 0.2) is 55.0 Å². The number of aromatic nitrogens is 3. The molecule has 1 aliphatic rings. The lowest BCUT2D eigenvalue weighted by molar-refractivity contribution is -0.137. The van der Waals surface area contributed by atoms with Crippen molar-refractivity contribution in [2.45, 2.75) is 26.2 Å². The lowest BCUT2D eigenvalue weighted by Crippen LogP contribution is -2.31. The molecule has 0 aliphatic carbocycles. The molecule has 0 atom stereocenters. The van der Waals surface area contributed by atoms with Gasteiger partial charge in [0.2, 0.25) is 0 Å². The van der Waals surface area contributed by atoms with Gasteiger partial charge in [0.15, 0.2) is 5.13 Å². The maximum absolute atomic E-state index is 13.0. The molecule has 1 aliphatic heterocycles. The Bertz CT molecular complexity index is 1430. The van der Waals surface area contributed by atoms with E-state index < -0.39 is 11.7 Å². The molecule has 0 unspecified atom stereocenters. The van der Waals surface area contributed by atoms with Crippen LogP contribution >= 0.6 is 11.3 Å². The number of aryl methyl sites for hydroxylation is 1. The number of benzene rings is 1. The first-order valence-corrected chi connectivity index (χ1v) is 11.9. The van der Waals surface area contributed by atoms with Crippen LogP contribution in [0.1, 0.15) is 32.1 Å². The normalized spacial score (nSPS) is 14.2. The zero-order chi connectivity index (χ0) is 25.4. The zero-order valence-corrected chi connectivity index (χ0v) is 19.9. The van der Waals surface area contributed by atoms with Gasteiger partial charge in [-0.05, 0) is 36.2 Å². The third-order valence-electron chi connectivity index (χ3n) is 5.88. The van der Waals surface area contributed by atoms with E-state index in [1.165, 1.54) is 17.0 Å². The summed E-state index contributed by atoms with van der Waals surface area (Å²) >= 11 is 1.14. The summed E-state index contributed by atoms with van der Waals surface area (Å²) in [7, 11) is 0. The number of hydrogen-bond donors (Lipinski definition) is 1. The Morgan fingerprint density at radius 3 is 2.61 bits per heavy atom. The maximum atomic E-state index is 13.0. The molecule has 3 aromatic heterocycles. The Morgan fingerprint density at radius 1 is 1.11 bits per heavy atom. The number of fused-ring (bicyclic) bond motifs is 1. The van der Waals surface area contributed by atoms with E-state index >= 15 is 0 Å². The van der Waals surface area contributed by atoms with Crippen LogP contribution < -0.4 is 10.2 Å². The van der Waals surface area contributed by atoms with Crippen molar-refractivity contribution in [2.75, 3.05) is 18.0 Å². The fourth-order valence-electron chi connectivity index (χ4n) is 3.97. The van der Waals surface area contributed by atoms with Crippen molar-refractivity contribution in [3.63, 3.8) is 0 Å². The van der Waals surface area contributed by atoms with Crippen molar-refractivity contribution in [1.29, 1.82) is 0 Å². The van der Waals surface area contributed by atoms with Crippen molar-refractivity contribution in [1.82, 2.24) is 24.6 Å². The van der Waals surface area contributed by atoms with Gasteiger partial charge in [0.25, 0.3) is 5.91 Å². The predicted molar refractivity (Wildman–Crippen MR) is 128 cm³/mol. The minimum absolute atomic E-state index is 0.187. The number of anilines is 1. The molecule has 12 heteroatoms. The molecular weight excluding hydrogens is 493 g/mol. The molecule has 0 bridgehead atoms. The summed E-state index contributed by atoms with van der Waals surface area (Å²) in [6.45, 7) is 3.00. The van der Waals surface area contributed by atoms with Gasteiger partial charge in [-0.1, -0.05) is 29.5 Å². The SMILES string of the molecule is Cc1nc(N2CCN(Cc3ccc(C(F)(F)F)cc3)C2=O)sc1C(=O)NCc1ccc2nccn2c1. The van der Waals surface area contributed by atoms with Crippen molar-refractivity contribution < 1.29 is 22.8 Å². The number of carbonyl (C=O) groups is 2. The molecular formula is C24H21F3N6O2S. The summed E-state index contributed by atoms with van der Waals surface area (Å²) in [6.07, 6.45) is 1.01. The Labute approximate surface area is 208 Å². The number of rotatable bonds is 6. The quantitative estimate of drug-likeness (QED) is 0.411. The van der Waals surface area contributed by atoms with Gasteiger partial charge < -0.3 is 14.6 Å². The Morgan fingerprint density at radius 2 is 1.86 bits per heavy atom. The molecule has 0 radical (unpaired) electrons. The largest absolute Gasteiger partial charge is 0.416 e. The third kappa shape index (κ3) is 4.76. The zero-order valence-electron chi connectivity index (χ0n) is 19.1. The number of alkyl halides is 3. The first-order valence-electron chi connectivity index (χ1n) is 11.1. The highest BCUT2D eigenvalue weighted by atomic mass is 32.1. The van der Waals surface area contributed by atoms with Gasteiger partial charge in [-0.25, -0.2) is 14.8 Å². The molecule has 186 valence electrons. The standard InChI is InChI=1S/C24H21F3N6O2S/c1-15-20(21(34)29-12-17-4-7-19-28-8-9-31(19)14-17)36-22(30-15)33-11-10-32(23(33)35)13-16-2-5-18(6-3-16)24(25,26)27/h2-9,14H,10-13H2,1H3,(H,29,34). The lowest BCUT2D eigenvalue weighted by atomic mass is 10.1. The second-order valence-corrected chi connectivity index (χ2v) is 9.35. The van der Waals surface area contributed by atoms with Crippen molar-refractivity contribution in [3.05, 3.63) is 82.3 Å². The van der Waals surface area contributed by atoms with Gasteiger partial charge in [0.1, 0.15) is 10.5 Å². The topological polar surface area (TPSA) is 82.8 Å². The molecule has 1 saturated heterocycles. The molecule has 4 aromatic rings.